The van der Waals surface area contributed by atoms with E-state index in [1.54, 1.807) is 12.1 Å². The number of phenolic OH excluding ortho intramolecular Hbond substituents is 1. The number of benzene rings is 1. The van der Waals surface area contributed by atoms with Gasteiger partial charge in [-0.25, -0.2) is 0 Å². The van der Waals surface area contributed by atoms with Crippen LogP contribution >= 0.6 is 31.9 Å². The van der Waals surface area contributed by atoms with Gasteiger partial charge < -0.3 is 15.9 Å². The highest BCUT2D eigenvalue weighted by Gasteiger charge is 2.18. The highest BCUT2D eigenvalue weighted by molar-refractivity contribution is 9.11. The monoisotopic (exact) mass is 351 g/mol. The molecule has 0 radical (unpaired) electrons. The molecular weight excluding hydrogens is 338 g/mol. The first kappa shape index (κ1) is 14.0. The van der Waals surface area contributed by atoms with E-state index in [-0.39, 0.29) is 5.75 Å². The van der Waals surface area contributed by atoms with Crippen molar-refractivity contribution in [1.29, 1.82) is 0 Å². The average molecular weight is 353 g/mol. The predicted octanol–water partition coefficient (Wildman–Crippen LogP) is 3.08. The van der Waals surface area contributed by atoms with Crippen molar-refractivity contribution in [3.05, 3.63) is 26.6 Å². The number of hydrogen-bond donors (Lipinski definition) is 3. The number of halogens is 2. The molecule has 0 aliphatic rings. The first-order chi connectivity index (χ1) is 7.47. The lowest BCUT2D eigenvalue weighted by Crippen LogP contribution is -2.25. The second-order valence-electron chi connectivity index (χ2n) is 3.71. The second-order valence-corrected chi connectivity index (χ2v) is 5.42. The number of aliphatic hydroxyl groups excluding tert-OH is 1. The molecule has 0 unspecified atom stereocenters. The van der Waals surface area contributed by atoms with E-state index in [4.69, 9.17) is 5.73 Å². The smallest absolute Gasteiger partial charge is 0.143 e. The summed E-state index contributed by atoms with van der Waals surface area (Å²) in [4.78, 5) is 0. The van der Waals surface area contributed by atoms with Crippen LogP contribution in [0, 0.1) is 0 Å². The Morgan fingerprint density at radius 3 is 2.25 bits per heavy atom. The fraction of sp³-hybridized carbons (Fsp3) is 0.455. The minimum atomic E-state index is -0.562. The van der Waals surface area contributed by atoms with Gasteiger partial charge in [-0.3, -0.25) is 0 Å². The zero-order chi connectivity index (χ0) is 12.3. The summed E-state index contributed by atoms with van der Waals surface area (Å²) < 4.78 is 1.13. The van der Waals surface area contributed by atoms with Crippen LogP contribution in [-0.4, -0.2) is 16.3 Å². The molecule has 0 aromatic heterocycles. The van der Waals surface area contributed by atoms with Gasteiger partial charge in [0.15, 0.2) is 0 Å². The molecule has 16 heavy (non-hydrogen) atoms. The summed E-state index contributed by atoms with van der Waals surface area (Å²) in [6.07, 6.45) is 0.986. The summed E-state index contributed by atoms with van der Waals surface area (Å²) in [5.41, 5.74) is 6.73. The molecular formula is C11H15Br2NO2. The Morgan fingerprint density at radius 2 is 1.81 bits per heavy atom. The molecule has 4 N–H and O–H groups in total. The van der Waals surface area contributed by atoms with Crippen LogP contribution in [0.4, 0.5) is 0 Å². The van der Waals surface area contributed by atoms with Gasteiger partial charge in [0.1, 0.15) is 5.75 Å². The van der Waals surface area contributed by atoms with E-state index in [1.807, 2.05) is 6.92 Å². The lowest BCUT2D eigenvalue weighted by Gasteiger charge is -2.19. The first-order valence-corrected chi connectivity index (χ1v) is 6.67. The van der Waals surface area contributed by atoms with Crippen molar-refractivity contribution in [2.75, 3.05) is 0 Å². The van der Waals surface area contributed by atoms with Crippen molar-refractivity contribution in [2.24, 2.45) is 5.73 Å². The molecule has 0 spiro atoms. The number of hydrogen-bond acceptors (Lipinski definition) is 3. The third-order valence-corrected chi connectivity index (χ3v) is 3.63. The summed E-state index contributed by atoms with van der Waals surface area (Å²) in [6.45, 7) is 2.00. The summed E-state index contributed by atoms with van der Waals surface area (Å²) in [7, 11) is 0. The van der Waals surface area contributed by atoms with Crippen LogP contribution in [0.3, 0.4) is 0 Å². The fourth-order valence-corrected chi connectivity index (χ4v) is 2.70. The largest absolute Gasteiger partial charge is 0.506 e. The number of phenols is 1. The van der Waals surface area contributed by atoms with Crippen molar-refractivity contribution >= 4 is 31.9 Å². The minimum absolute atomic E-state index is 0.140. The molecule has 0 saturated carbocycles. The SMILES string of the molecule is CCC[C@@H](O)[C@@H](N)c1cc(Br)c(O)c(Br)c1. The Morgan fingerprint density at radius 1 is 1.31 bits per heavy atom. The molecule has 5 heteroatoms. The van der Waals surface area contributed by atoms with Crippen molar-refractivity contribution in [2.45, 2.75) is 31.9 Å². The van der Waals surface area contributed by atoms with E-state index in [0.717, 1.165) is 12.0 Å². The zero-order valence-corrected chi connectivity index (χ0v) is 12.1. The molecule has 1 aromatic carbocycles. The van der Waals surface area contributed by atoms with Gasteiger partial charge in [-0.2, -0.15) is 0 Å². The van der Waals surface area contributed by atoms with E-state index in [0.29, 0.717) is 15.4 Å². The van der Waals surface area contributed by atoms with Crippen LogP contribution < -0.4 is 5.73 Å². The lowest BCUT2D eigenvalue weighted by molar-refractivity contribution is 0.134. The number of rotatable bonds is 4. The molecule has 1 aromatic rings. The summed E-state index contributed by atoms with van der Waals surface area (Å²) in [5.74, 6) is 0.140. The molecule has 0 saturated heterocycles. The van der Waals surface area contributed by atoms with Gasteiger partial charge >= 0.3 is 0 Å². The first-order valence-electron chi connectivity index (χ1n) is 5.09. The maximum absolute atomic E-state index is 9.80. The standard InChI is InChI=1S/C11H15Br2NO2/c1-2-3-9(15)10(14)6-4-7(12)11(16)8(13)5-6/h4-5,9-10,15-16H,2-3,14H2,1H3/t9-,10+/m1/s1. The lowest BCUT2D eigenvalue weighted by atomic mass is 9.99. The molecule has 0 heterocycles. The van der Waals surface area contributed by atoms with Gasteiger partial charge in [0.05, 0.1) is 21.1 Å². The number of aromatic hydroxyl groups is 1. The molecule has 3 nitrogen and oxygen atoms in total. The van der Waals surface area contributed by atoms with Crippen molar-refractivity contribution in [3.8, 4) is 5.75 Å². The molecule has 2 atom stereocenters. The molecule has 0 fully saturated rings. The Hall–Kier alpha value is -0.100. The Labute approximate surface area is 112 Å². The molecule has 0 aliphatic heterocycles. The van der Waals surface area contributed by atoms with E-state index in [9.17, 15) is 10.2 Å². The summed E-state index contributed by atoms with van der Waals surface area (Å²) in [6, 6.07) is 3.01. The van der Waals surface area contributed by atoms with Gasteiger partial charge in [0.2, 0.25) is 0 Å². The maximum atomic E-state index is 9.80. The fourth-order valence-electron chi connectivity index (χ4n) is 1.48. The average Bonchev–Trinajstić information content (AvgIpc) is 2.24. The van der Waals surface area contributed by atoms with Crippen LogP contribution in [0.15, 0.2) is 21.1 Å². The van der Waals surface area contributed by atoms with Crippen LogP contribution in [0.25, 0.3) is 0 Å². The number of aliphatic hydroxyl groups is 1. The summed E-state index contributed by atoms with van der Waals surface area (Å²) in [5, 5.41) is 19.4. The Kier molecular flexibility index (Phi) is 5.24. The van der Waals surface area contributed by atoms with Crippen molar-refractivity contribution in [3.63, 3.8) is 0 Å². The Balaban J connectivity index is 2.96. The molecule has 90 valence electrons. The third kappa shape index (κ3) is 3.20. The van der Waals surface area contributed by atoms with Gasteiger partial charge in [-0.05, 0) is 56.0 Å². The van der Waals surface area contributed by atoms with E-state index < -0.39 is 12.1 Å². The normalized spacial score (nSPS) is 14.8. The van der Waals surface area contributed by atoms with Crippen LogP contribution in [-0.2, 0) is 0 Å². The number of nitrogens with two attached hydrogens (primary N) is 1. The topological polar surface area (TPSA) is 66.5 Å². The van der Waals surface area contributed by atoms with Gasteiger partial charge in [0, 0.05) is 0 Å². The zero-order valence-electron chi connectivity index (χ0n) is 8.95. The van der Waals surface area contributed by atoms with Gasteiger partial charge in [-0.1, -0.05) is 13.3 Å². The highest BCUT2D eigenvalue weighted by Crippen LogP contribution is 2.35. The van der Waals surface area contributed by atoms with E-state index in [1.165, 1.54) is 0 Å². The van der Waals surface area contributed by atoms with E-state index >= 15 is 0 Å². The molecule has 1 rings (SSSR count). The van der Waals surface area contributed by atoms with Gasteiger partial charge in [0.25, 0.3) is 0 Å². The predicted molar refractivity (Wildman–Crippen MR) is 71.4 cm³/mol. The van der Waals surface area contributed by atoms with Crippen molar-refractivity contribution in [1.82, 2.24) is 0 Å². The molecule has 0 aliphatic carbocycles. The highest BCUT2D eigenvalue weighted by atomic mass is 79.9. The second kappa shape index (κ2) is 6.00. The third-order valence-electron chi connectivity index (χ3n) is 2.42. The van der Waals surface area contributed by atoms with Crippen LogP contribution in [0.1, 0.15) is 31.4 Å². The van der Waals surface area contributed by atoms with Crippen molar-refractivity contribution < 1.29 is 10.2 Å². The quantitative estimate of drug-likeness (QED) is 0.780. The Bertz CT molecular complexity index is 348. The van der Waals surface area contributed by atoms with Crippen LogP contribution in [0.2, 0.25) is 0 Å². The maximum Gasteiger partial charge on any atom is 0.143 e. The summed E-state index contributed by atoms with van der Waals surface area (Å²) >= 11 is 6.47. The minimum Gasteiger partial charge on any atom is -0.506 e. The van der Waals surface area contributed by atoms with E-state index in [2.05, 4.69) is 31.9 Å². The van der Waals surface area contributed by atoms with Crippen LogP contribution in [0.5, 0.6) is 5.75 Å². The molecule has 0 amide bonds. The van der Waals surface area contributed by atoms with Gasteiger partial charge in [-0.15, -0.1) is 0 Å². The molecule has 0 bridgehead atoms.